The molecular weight excluding hydrogens is 256 g/mol. The maximum Gasteiger partial charge on any atom is 0.127 e. The second-order valence-electron chi connectivity index (χ2n) is 3.91. The molecule has 0 aliphatic rings. The summed E-state index contributed by atoms with van der Waals surface area (Å²) in [7, 11) is 1.86. The third kappa shape index (κ3) is 2.51. The van der Waals surface area contributed by atoms with Crippen molar-refractivity contribution in [1.82, 2.24) is 15.0 Å². The normalized spacial score (nSPS) is 10.6. The van der Waals surface area contributed by atoms with Crippen LogP contribution in [0.1, 0.15) is 0 Å². The monoisotopic (exact) mass is 268 g/mol. The first-order chi connectivity index (χ1) is 9.36. The van der Waals surface area contributed by atoms with E-state index < -0.39 is 0 Å². The van der Waals surface area contributed by atoms with Crippen molar-refractivity contribution in [2.45, 2.75) is 10.1 Å². The van der Waals surface area contributed by atoms with Crippen LogP contribution < -0.4 is 5.32 Å². The van der Waals surface area contributed by atoms with E-state index in [1.807, 2.05) is 49.5 Å². The average Bonchev–Trinajstić information content (AvgIpc) is 2.48. The van der Waals surface area contributed by atoms with E-state index in [4.69, 9.17) is 0 Å². The third-order valence-corrected chi connectivity index (χ3v) is 3.64. The molecule has 5 heteroatoms. The Hall–Kier alpha value is -2.14. The first kappa shape index (κ1) is 11.9. The molecule has 3 aromatic rings. The number of hydrogen-bond donors (Lipinski definition) is 1. The predicted octanol–water partition coefficient (Wildman–Crippen LogP) is 3.22. The molecule has 0 amide bonds. The Morgan fingerprint density at radius 1 is 1.00 bits per heavy atom. The van der Waals surface area contributed by atoms with Gasteiger partial charge < -0.3 is 5.32 Å². The lowest BCUT2D eigenvalue weighted by molar-refractivity contribution is 1.08. The van der Waals surface area contributed by atoms with Crippen molar-refractivity contribution in [3.8, 4) is 0 Å². The Morgan fingerprint density at radius 2 is 1.89 bits per heavy atom. The van der Waals surface area contributed by atoms with Crippen LogP contribution in [0.2, 0.25) is 0 Å². The highest BCUT2D eigenvalue weighted by molar-refractivity contribution is 7.99. The van der Waals surface area contributed by atoms with Gasteiger partial charge in [-0.15, -0.1) is 0 Å². The lowest BCUT2D eigenvalue weighted by Crippen LogP contribution is -1.93. The molecule has 2 aromatic heterocycles. The molecule has 4 nitrogen and oxygen atoms in total. The molecule has 3 rings (SSSR count). The molecule has 0 radical (unpaired) electrons. The summed E-state index contributed by atoms with van der Waals surface area (Å²) >= 11 is 1.54. The number of para-hydroxylation sites is 1. The molecule has 0 aliphatic heterocycles. The molecule has 0 atom stereocenters. The Bertz CT molecular complexity index is 709. The van der Waals surface area contributed by atoms with E-state index in [-0.39, 0.29) is 0 Å². The van der Waals surface area contributed by atoms with Crippen molar-refractivity contribution in [2.75, 3.05) is 12.4 Å². The number of fused-ring (bicyclic) bond motifs is 1. The van der Waals surface area contributed by atoms with Crippen LogP contribution >= 0.6 is 11.8 Å². The minimum atomic E-state index is 0.850. The van der Waals surface area contributed by atoms with Crippen LogP contribution in [0.3, 0.4) is 0 Å². The van der Waals surface area contributed by atoms with Crippen LogP contribution in [0.25, 0.3) is 10.9 Å². The minimum absolute atomic E-state index is 0.850. The van der Waals surface area contributed by atoms with Gasteiger partial charge in [-0.1, -0.05) is 24.3 Å². The van der Waals surface area contributed by atoms with Gasteiger partial charge in [0.05, 0.1) is 5.52 Å². The standard InChI is InChI=1S/C14H12N4S/c1-15-12-7-4-8-13(18-12)19-14-10-5-2-3-6-11(10)16-9-17-14/h2-9H,1H3,(H,15,18). The second kappa shape index (κ2) is 5.24. The Morgan fingerprint density at radius 3 is 2.79 bits per heavy atom. The minimum Gasteiger partial charge on any atom is -0.373 e. The zero-order valence-electron chi connectivity index (χ0n) is 10.4. The Labute approximate surface area is 115 Å². The fraction of sp³-hybridized carbons (Fsp3) is 0.0714. The largest absolute Gasteiger partial charge is 0.373 e. The topological polar surface area (TPSA) is 50.7 Å². The highest BCUT2D eigenvalue weighted by Gasteiger charge is 2.06. The van der Waals surface area contributed by atoms with Crippen LogP contribution in [0.15, 0.2) is 58.8 Å². The van der Waals surface area contributed by atoms with E-state index in [2.05, 4.69) is 20.3 Å². The molecule has 0 aliphatic carbocycles. The molecule has 0 saturated heterocycles. The lowest BCUT2D eigenvalue weighted by atomic mass is 10.2. The molecule has 1 aromatic carbocycles. The van der Waals surface area contributed by atoms with Crippen LogP contribution in [-0.4, -0.2) is 22.0 Å². The summed E-state index contributed by atoms with van der Waals surface area (Å²) in [6, 6.07) is 13.9. The van der Waals surface area contributed by atoms with Crippen LogP contribution in [0.4, 0.5) is 5.82 Å². The number of nitrogens with zero attached hydrogens (tertiary/aromatic N) is 3. The molecule has 19 heavy (non-hydrogen) atoms. The fourth-order valence-electron chi connectivity index (χ4n) is 1.77. The maximum absolute atomic E-state index is 4.48. The zero-order valence-corrected chi connectivity index (χ0v) is 11.2. The van der Waals surface area contributed by atoms with E-state index in [9.17, 15) is 0 Å². The summed E-state index contributed by atoms with van der Waals surface area (Å²) in [5.74, 6) is 0.850. The highest BCUT2D eigenvalue weighted by Crippen LogP contribution is 2.30. The molecule has 0 fully saturated rings. The Balaban J connectivity index is 2.01. The van der Waals surface area contributed by atoms with Gasteiger partial charge in [0.25, 0.3) is 0 Å². The lowest BCUT2D eigenvalue weighted by Gasteiger charge is -2.05. The number of nitrogens with one attached hydrogen (secondary N) is 1. The molecule has 0 unspecified atom stereocenters. The van der Waals surface area contributed by atoms with E-state index in [0.717, 1.165) is 26.8 Å². The molecule has 0 saturated carbocycles. The van der Waals surface area contributed by atoms with Gasteiger partial charge in [-0.05, 0) is 30.0 Å². The van der Waals surface area contributed by atoms with Crippen molar-refractivity contribution < 1.29 is 0 Å². The quantitative estimate of drug-likeness (QED) is 0.739. The molecule has 1 N–H and O–H groups in total. The first-order valence-electron chi connectivity index (χ1n) is 5.89. The third-order valence-electron chi connectivity index (χ3n) is 2.69. The fourth-order valence-corrected chi connectivity index (χ4v) is 2.64. The van der Waals surface area contributed by atoms with Gasteiger partial charge >= 0.3 is 0 Å². The van der Waals surface area contributed by atoms with Gasteiger partial charge in [-0.25, -0.2) is 15.0 Å². The number of anilines is 1. The second-order valence-corrected chi connectivity index (χ2v) is 4.92. The summed E-state index contributed by atoms with van der Waals surface area (Å²) in [5.41, 5.74) is 0.949. The van der Waals surface area contributed by atoms with Crippen molar-refractivity contribution in [1.29, 1.82) is 0 Å². The van der Waals surface area contributed by atoms with Crippen molar-refractivity contribution in [2.24, 2.45) is 0 Å². The number of aromatic nitrogens is 3. The number of hydrogen-bond acceptors (Lipinski definition) is 5. The zero-order chi connectivity index (χ0) is 13.1. The number of rotatable bonds is 3. The SMILES string of the molecule is CNc1cccc(Sc2ncnc3ccccc23)n1. The van der Waals surface area contributed by atoms with Gasteiger partial charge in [0.15, 0.2) is 0 Å². The summed E-state index contributed by atoms with van der Waals surface area (Å²) in [6.07, 6.45) is 1.59. The average molecular weight is 268 g/mol. The van der Waals surface area contributed by atoms with Gasteiger partial charge in [-0.2, -0.15) is 0 Å². The van der Waals surface area contributed by atoms with E-state index in [1.54, 1.807) is 18.1 Å². The van der Waals surface area contributed by atoms with Gasteiger partial charge in [0.2, 0.25) is 0 Å². The summed E-state index contributed by atoms with van der Waals surface area (Å²) in [5, 5.41) is 5.92. The predicted molar refractivity (Wildman–Crippen MR) is 77.4 cm³/mol. The van der Waals surface area contributed by atoms with Crippen molar-refractivity contribution in [3.05, 3.63) is 48.8 Å². The van der Waals surface area contributed by atoms with Gasteiger partial charge in [0.1, 0.15) is 22.2 Å². The smallest absolute Gasteiger partial charge is 0.127 e. The molecule has 94 valence electrons. The summed E-state index contributed by atoms with van der Waals surface area (Å²) < 4.78 is 0. The highest BCUT2D eigenvalue weighted by atomic mass is 32.2. The van der Waals surface area contributed by atoms with Gasteiger partial charge in [0, 0.05) is 12.4 Å². The Kier molecular flexibility index (Phi) is 3.29. The van der Waals surface area contributed by atoms with Crippen LogP contribution in [0.5, 0.6) is 0 Å². The van der Waals surface area contributed by atoms with E-state index in [0.29, 0.717) is 0 Å². The van der Waals surface area contributed by atoms with Crippen molar-refractivity contribution >= 4 is 28.5 Å². The van der Waals surface area contributed by atoms with Crippen LogP contribution in [-0.2, 0) is 0 Å². The first-order valence-corrected chi connectivity index (χ1v) is 6.71. The molecule has 2 heterocycles. The molecular formula is C14H12N4S. The van der Waals surface area contributed by atoms with Gasteiger partial charge in [-0.3, -0.25) is 0 Å². The number of benzene rings is 1. The van der Waals surface area contributed by atoms with Crippen molar-refractivity contribution in [3.63, 3.8) is 0 Å². The van der Waals surface area contributed by atoms with Crippen LogP contribution in [0, 0.1) is 0 Å². The van der Waals surface area contributed by atoms with E-state index >= 15 is 0 Å². The molecule has 0 spiro atoms. The summed E-state index contributed by atoms with van der Waals surface area (Å²) in [4.78, 5) is 13.1. The number of pyridine rings is 1. The van der Waals surface area contributed by atoms with E-state index in [1.165, 1.54) is 0 Å². The maximum atomic E-state index is 4.48. The summed E-state index contributed by atoms with van der Waals surface area (Å²) in [6.45, 7) is 0. The molecule has 0 bridgehead atoms.